The van der Waals surface area contributed by atoms with Crippen molar-refractivity contribution in [2.24, 2.45) is 9.98 Å². The Kier molecular flexibility index (Phi) is 5.43. The van der Waals surface area contributed by atoms with Crippen LogP contribution in [0.4, 0.5) is 11.4 Å². The zero-order chi connectivity index (χ0) is 18.5. The van der Waals surface area contributed by atoms with E-state index in [1.807, 2.05) is 24.6 Å². The van der Waals surface area contributed by atoms with Crippen molar-refractivity contribution < 1.29 is 0 Å². The summed E-state index contributed by atoms with van der Waals surface area (Å²) in [7, 11) is 0. The van der Waals surface area contributed by atoms with E-state index in [0.717, 1.165) is 22.5 Å². The molecule has 0 fully saturated rings. The summed E-state index contributed by atoms with van der Waals surface area (Å²) in [5, 5.41) is 0. The Hall–Kier alpha value is -3.00. The molecule has 0 spiro atoms. The second-order valence-electron chi connectivity index (χ2n) is 6.77. The van der Waals surface area contributed by atoms with E-state index in [9.17, 15) is 0 Å². The largest absolute Gasteiger partial charge is 0.254 e. The van der Waals surface area contributed by atoms with Gasteiger partial charge < -0.3 is 0 Å². The van der Waals surface area contributed by atoms with Gasteiger partial charge in [0.15, 0.2) is 0 Å². The van der Waals surface area contributed by atoms with Crippen molar-refractivity contribution in [2.45, 2.75) is 27.7 Å². The molecule has 0 N–H and O–H groups in total. The van der Waals surface area contributed by atoms with E-state index in [1.165, 1.54) is 22.3 Å². The first kappa shape index (κ1) is 17.8. The summed E-state index contributed by atoms with van der Waals surface area (Å²) < 4.78 is 0. The Labute approximate surface area is 156 Å². The summed E-state index contributed by atoms with van der Waals surface area (Å²) in [5.41, 5.74) is 8.86. The smallest absolute Gasteiger partial charge is 0.0889 e. The van der Waals surface area contributed by atoms with Crippen molar-refractivity contribution in [1.82, 2.24) is 0 Å². The van der Waals surface area contributed by atoms with E-state index in [4.69, 9.17) is 9.98 Å². The molecule has 0 saturated carbocycles. The van der Waals surface area contributed by atoms with Gasteiger partial charge in [0.25, 0.3) is 0 Å². The van der Waals surface area contributed by atoms with Crippen LogP contribution in [0.3, 0.4) is 0 Å². The number of nitrogens with zero attached hydrogens (tertiary/aromatic N) is 2. The van der Waals surface area contributed by atoms with Crippen LogP contribution in [0.1, 0.15) is 33.4 Å². The van der Waals surface area contributed by atoms with Crippen molar-refractivity contribution in [3.8, 4) is 0 Å². The summed E-state index contributed by atoms with van der Waals surface area (Å²) in [6.07, 6.45) is 3.81. The molecule has 0 radical (unpaired) electrons. The fourth-order valence-electron chi connectivity index (χ4n) is 2.78. The minimum Gasteiger partial charge on any atom is -0.254 e. The molecule has 0 bridgehead atoms. The summed E-state index contributed by atoms with van der Waals surface area (Å²) in [6.45, 7) is 8.39. The lowest BCUT2D eigenvalue weighted by Crippen LogP contribution is -1.85. The van der Waals surface area contributed by atoms with Crippen LogP contribution in [-0.2, 0) is 0 Å². The predicted molar refractivity (Wildman–Crippen MR) is 113 cm³/mol. The molecule has 3 aromatic rings. The molecule has 0 aliphatic rings. The molecule has 26 heavy (non-hydrogen) atoms. The van der Waals surface area contributed by atoms with Gasteiger partial charge in [-0.15, -0.1) is 0 Å². The van der Waals surface area contributed by atoms with Crippen LogP contribution in [0, 0.1) is 27.7 Å². The number of rotatable bonds is 4. The SMILES string of the molecule is Cc1cccc(C=Nc2cc(C)c(C)cc2N=Cc2cccc(C)c2)c1. The van der Waals surface area contributed by atoms with Crippen LogP contribution in [0.5, 0.6) is 0 Å². The molecule has 0 amide bonds. The topological polar surface area (TPSA) is 24.7 Å². The maximum atomic E-state index is 4.71. The molecule has 0 saturated heterocycles. The first-order valence-corrected chi connectivity index (χ1v) is 8.84. The first-order valence-electron chi connectivity index (χ1n) is 8.84. The van der Waals surface area contributed by atoms with Crippen molar-refractivity contribution >= 4 is 23.8 Å². The Morgan fingerprint density at radius 3 is 1.38 bits per heavy atom. The molecule has 0 heterocycles. The van der Waals surface area contributed by atoms with E-state index in [1.54, 1.807) is 0 Å². The quantitative estimate of drug-likeness (QED) is 0.489. The second kappa shape index (κ2) is 7.92. The highest BCUT2D eigenvalue weighted by Crippen LogP contribution is 2.31. The van der Waals surface area contributed by atoms with Crippen molar-refractivity contribution in [3.05, 3.63) is 94.0 Å². The highest BCUT2D eigenvalue weighted by Gasteiger charge is 2.03. The van der Waals surface area contributed by atoms with E-state index in [0.29, 0.717) is 0 Å². The van der Waals surface area contributed by atoms with Gasteiger partial charge >= 0.3 is 0 Å². The van der Waals surface area contributed by atoms with E-state index < -0.39 is 0 Å². The highest BCUT2D eigenvalue weighted by molar-refractivity contribution is 5.87. The molecule has 2 nitrogen and oxygen atoms in total. The molecule has 3 rings (SSSR count). The third-order valence-electron chi connectivity index (χ3n) is 4.38. The summed E-state index contributed by atoms with van der Waals surface area (Å²) in [4.78, 5) is 9.42. The summed E-state index contributed by atoms with van der Waals surface area (Å²) >= 11 is 0. The average molecular weight is 340 g/mol. The Morgan fingerprint density at radius 2 is 1.00 bits per heavy atom. The Morgan fingerprint density at radius 1 is 0.577 bits per heavy atom. The van der Waals surface area contributed by atoms with Gasteiger partial charge in [0.2, 0.25) is 0 Å². The number of benzene rings is 3. The van der Waals surface area contributed by atoms with E-state index in [2.05, 4.69) is 76.2 Å². The first-order chi connectivity index (χ1) is 12.5. The normalized spacial score (nSPS) is 11.5. The standard InChI is InChI=1S/C24H24N2/c1-17-7-5-9-21(11-17)15-25-23-13-19(3)20(4)14-24(23)26-16-22-10-6-8-18(2)12-22/h5-16H,1-4H3. The van der Waals surface area contributed by atoms with Crippen molar-refractivity contribution in [2.75, 3.05) is 0 Å². The van der Waals surface area contributed by atoms with E-state index >= 15 is 0 Å². The van der Waals surface area contributed by atoms with Crippen LogP contribution in [0.2, 0.25) is 0 Å². The molecule has 2 heteroatoms. The van der Waals surface area contributed by atoms with Crippen LogP contribution in [0.25, 0.3) is 0 Å². The predicted octanol–water partition coefficient (Wildman–Crippen LogP) is 6.42. The van der Waals surface area contributed by atoms with Crippen molar-refractivity contribution in [1.29, 1.82) is 0 Å². The van der Waals surface area contributed by atoms with Crippen LogP contribution < -0.4 is 0 Å². The van der Waals surface area contributed by atoms with Gasteiger partial charge in [-0.1, -0.05) is 59.7 Å². The molecule has 0 atom stereocenters. The van der Waals surface area contributed by atoms with Gasteiger partial charge in [0.1, 0.15) is 0 Å². The maximum absolute atomic E-state index is 4.71. The lowest BCUT2D eigenvalue weighted by molar-refractivity contribution is 1.31. The third kappa shape index (κ3) is 4.54. The zero-order valence-corrected chi connectivity index (χ0v) is 15.8. The van der Waals surface area contributed by atoms with Gasteiger partial charge in [-0.25, -0.2) is 0 Å². The fraction of sp³-hybridized carbons (Fsp3) is 0.167. The molecule has 0 aliphatic carbocycles. The van der Waals surface area contributed by atoms with Gasteiger partial charge in [0.05, 0.1) is 11.4 Å². The van der Waals surface area contributed by atoms with Crippen LogP contribution in [-0.4, -0.2) is 12.4 Å². The number of aryl methyl sites for hydroxylation is 4. The van der Waals surface area contributed by atoms with Gasteiger partial charge in [0, 0.05) is 12.4 Å². The van der Waals surface area contributed by atoms with Crippen LogP contribution in [0.15, 0.2) is 70.6 Å². The fourth-order valence-corrected chi connectivity index (χ4v) is 2.78. The Bertz CT molecular complexity index is 901. The number of aliphatic imine (C=N–C) groups is 2. The van der Waals surface area contributed by atoms with Crippen LogP contribution >= 0.6 is 0 Å². The zero-order valence-electron chi connectivity index (χ0n) is 15.8. The summed E-state index contributed by atoms with van der Waals surface area (Å²) in [5.74, 6) is 0. The minimum atomic E-state index is 0.888. The maximum Gasteiger partial charge on any atom is 0.0889 e. The number of hydrogen-bond acceptors (Lipinski definition) is 2. The third-order valence-corrected chi connectivity index (χ3v) is 4.38. The molecule has 0 aliphatic heterocycles. The molecule has 0 unspecified atom stereocenters. The monoisotopic (exact) mass is 340 g/mol. The number of hydrogen-bond donors (Lipinski definition) is 0. The van der Waals surface area contributed by atoms with Gasteiger partial charge in [-0.05, 0) is 62.1 Å². The molecule has 130 valence electrons. The minimum absolute atomic E-state index is 0.888. The summed E-state index contributed by atoms with van der Waals surface area (Å²) in [6, 6.07) is 20.9. The van der Waals surface area contributed by atoms with Gasteiger partial charge in [-0.3, -0.25) is 9.98 Å². The van der Waals surface area contributed by atoms with E-state index in [-0.39, 0.29) is 0 Å². The molecule has 3 aromatic carbocycles. The highest BCUT2D eigenvalue weighted by atomic mass is 14.8. The molecular weight excluding hydrogens is 316 g/mol. The lowest BCUT2D eigenvalue weighted by Gasteiger charge is -2.06. The average Bonchev–Trinajstić information content (AvgIpc) is 2.61. The lowest BCUT2D eigenvalue weighted by atomic mass is 10.1. The van der Waals surface area contributed by atoms with Gasteiger partial charge in [-0.2, -0.15) is 0 Å². The molecular formula is C24H24N2. The van der Waals surface area contributed by atoms with Crippen molar-refractivity contribution in [3.63, 3.8) is 0 Å². The Balaban J connectivity index is 1.95. The second-order valence-corrected chi connectivity index (χ2v) is 6.77. The molecule has 0 aromatic heterocycles.